The quantitative estimate of drug-likeness (QED) is 0.594. The fourth-order valence-electron chi connectivity index (χ4n) is 5.50. The van der Waals surface area contributed by atoms with Crippen molar-refractivity contribution in [2.24, 2.45) is 17.3 Å². The third-order valence-corrected chi connectivity index (χ3v) is 6.44. The lowest BCUT2D eigenvalue weighted by atomic mass is 9.49. The first-order valence-corrected chi connectivity index (χ1v) is 9.51. The fraction of sp³-hybridized carbons (Fsp3) is 0.889. The number of carbonyl (C=O) groups excluding carboxylic acids is 2. The maximum absolute atomic E-state index is 12.3. The minimum atomic E-state index is -0.300. The molecule has 4 fully saturated rings. The van der Waals surface area contributed by atoms with E-state index in [1.165, 1.54) is 19.3 Å². The van der Waals surface area contributed by atoms with Crippen molar-refractivity contribution >= 4 is 27.8 Å². The van der Waals surface area contributed by atoms with Crippen LogP contribution in [0.4, 0.5) is 0 Å². The predicted molar refractivity (Wildman–Crippen MR) is 92.2 cm³/mol. The SMILES string of the molecule is CC(C)(C)NC(=O)COC(=O)CC12C[C@@H]3C[C@H](CC(Br)(C3)C1)C2. The molecule has 4 rings (SSSR count). The minimum absolute atomic E-state index is 0.102. The lowest BCUT2D eigenvalue weighted by molar-refractivity contribution is -0.155. The molecule has 23 heavy (non-hydrogen) atoms. The van der Waals surface area contributed by atoms with Crippen LogP contribution in [0.2, 0.25) is 0 Å². The average molecular weight is 386 g/mol. The van der Waals surface area contributed by atoms with E-state index < -0.39 is 0 Å². The van der Waals surface area contributed by atoms with Gasteiger partial charge in [-0.25, -0.2) is 0 Å². The lowest BCUT2D eigenvalue weighted by Crippen LogP contribution is -2.53. The standard InChI is InChI=1S/C18H28BrNO3/c1-16(2,3)20-14(21)10-23-15(22)9-17-5-12-4-13(6-17)8-18(19,7-12)11-17/h12-13H,4-11H2,1-3H3,(H,20,21)/t12-,13-,17?,18?/m0/s1. The molecule has 0 radical (unpaired) electrons. The maximum atomic E-state index is 12.3. The van der Waals surface area contributed by atoms with Crippen LogP contribution in [0.5, 0.6) is 0 Å². The van der Waals surface area contributed by atoms with Gasteiger partial charge in [-0.2, -0.15) is 0 Å². The highest BCUT2D eigenvalue weighted by Gasteiger charge is 2.57. The molecule has 2 atom stereocenters. The Balaban J connectivity index is 1.53. The highest BCUT2D eigenvalue weighted by Crippen LogP contribution is 2.65. The van der Waals surface area contributed by atoms with E-state index in [0.29, 0.717) is 6.42 Å². The van der Waals surface area contributed by atoms with Gasteiger partial charge in [0.15, 0.2) is 6.61 Å². The molecule has 4 saturated carbocycles. The Morgan fingerprint density at radius 1 is 1.17 bits per heavy atom. The summed E-state index contributed by atoms with van der Waals surface area (Å²) < 4.78 is 5.51. The number of rotatable bonds is 4. The van der Waals surface area contributed by atoms with Crippen molar-refractivity contribution in [3.63, 3.8) is 0 Å². The third-order valence-electron chi connectivity index (χ3n) is 5.51. The molecule has 130 valence electrons. The zero-order valence-corrected chi connectivity index (χ0v) is 16.0. The lowest BCUT2D eigenvalue weighted by Gasteiger charge is -2.60. The van der Waals surface area contributed by atoms with Crippen molar-refractivity contribution in [3.8, 4) is 0 Å². The van der Waals surface area contributed by atoms with E-state index >= 15 is 0 Å². The molecule has 1 amide bonds. The topological polar surface area (TPSA) is 55.4 Å². The second-order valence-electron chi connectivity index (χ2n) is 9.25. The first-order chi connectivity index (χ1) is 10.6. The molecule has 0 unspecified atom stereocenters. The van der Waals surface area contributed by atoms with E-state index in [0.717, 1.165) is 31.1 Å². The molecule has 5 heteroatoms. The number of hydrogen-bond donors (Lipinski definition) is 1. The van der Waals surface area contributed by atoms with Crippen LogP contribution in [0.25, 0.3) is 0 Å². The first kappa shape index (κ1) is 17.2. The summed E-state index contributed by atoms with van der Waals surface area (Å²) in [6.07, 6.45) is 7.70. The van der Waals surface area contributed by atoms with E-state index in [-0.39, 0.29) is 33.8 Å². The number of amides is 1. The summed E-state index contributed by atoms with van der Waals surface area (Å²) in [4.78, 5) is 24.1. The van der Waals surface area contributed by atoms with Gasteiger partial charge in [0.1, 0.15) is 0 Å². The summed E-state index contributed by atoms with van der Waals surface area (Å²) in [6, 6.07) is 0. The number of nitrogens with one attached hydrogen (secondary N) is 1. The smallest absolute Gasteiger partial charge is 0.306 e. The van der Waals surface area contributed by atoms with Crippen LogP contribution in [-0.4, -0.2) is 28.3 Å². The number of ether oxygens (including phenoxy) is 1. The Morgan fingerprint density at radius 3 is 2.30 bits per heavy atom. The van der Waals surface area contributed by atoms with E-state index in [9.17, 15) is 9.59 Å². The van der Waals surface area contributed by atoms with Gasteiger partial charge < -0.3 is 10.1 Å². The van der Waals surface area contributed by atoms with Crippen molar-refractivity contribution in [2.45, 2.75) is 75.6 Å². The van der Waals surface area contributed by atoms with E-state index in [1.54, 1.807) is 0 Å². The summed E-state index contributed by atoms with van der Waals surface area (Å²) >= 11 is 3.96. The highest BCUT2D eigenvalue weighted by atomic mass is 79.9. The Hall–Kier alpha value is -0.580. The average Bonchev–Trinajstić information content (AvgIpc) is 2.30. The number of halogens is 1. The van der Waals surface area contributed by atoms with Crippen LogP contribution in [0.1, 0.15) is 65.7 Å². The van der Waals surface area contributed by atoms with Gasteiger partial charge in [0.25, 0.3) is 5.91 Å². The summed E-state index contributed by atoms with van der Waals surface area (Å²) in [5.74, 6) is 1.07. The minimum Gasteiger partial charge on any atom is -0.456 e. The van der Waals surface area contributed by atoms with Gasteiger partial charge in [-0.3, -0.25) is 9.59 Å². The summed E-state index contributed by atoms with van der Waals surface area (Å²) in [7, 11) is 0. The molecule has 4 bridgehead atoms. The van der Waals surface area contributed by atoms with Crippen molar-refractivity contribution < 1.29 is 14.3 Å². The molecule has 4 aliphatic rings. The molecule has 4 nitrogen and oxygen atoms in total. The highest BCUT2D eigenvalue weighted by molar-refractivity contribution is 9.10. The van der Waals surface area contributed by atoms with Crippen LogP contribution in [0.15, 0.2) is 0 Å². The number of carbonyl (C=O) groups is 2. The summed E-state index contributed by atoms with van der Waals surface area (Å²) in [6.45, 7) is 5.57. The Kier molecular flexibility index (Phi) is 4.31. The van der Waals surface area contributed by atoms with E-state index in [2.05, 4.69) is 21.2 Å². The Morgan fingerprint density at radius 2 is 1.78 bits per heavy atom. The Bertz CT molecular complexity index is 497. The molecule has 1 N–H and O–H groups in total. The summed E-state index contributed by atoms with van der Waals surface area (Å²) in [5, 5.41) is 2.82. The number of hydrogen-bond acceptors (Lipinski definition) is 3. The zero-order valence-electron chi connectivity index (χ0n) is 14.4. The monoisotopic (exact) mass is 385 g/mol. The van der Waals surface area contributed by atoms with Crippen LogP contribution in [-0.2, 0) is 14.3 Å². The van der Waals surface area contributed by atoms with Gasteiger partial charge in [-0.1, -0.05) is 15.9 Å². The normalized spacial score (nSPS) is 38.4. The molecule has 0 aliphatic heterocycles. The number of alkyl halides is 1. The molecule has 0 saturated heterocycles. The van der Waals surface area contributed by atoms with Gasteiger partial charge in [-0.15, -0.1) is 0 Å². The summed E-state index contributed by atoms with van der Waals surface area (Å²) in [5.41, 5.74) is -0.197. The molecular weight excluding hydrogens is 358 g/mol. The largest absolute Gasteiger partial charge is 0.456 e. The van der Waals surface area contributed by atoms with Gasteiger partial charge in [0.05, 0.1) is 6.42 Å². The molecule has 0 spiro atoms. The van der Waals surface area contributed by atoms with E-state index in [1.807, 2.05) is 20.8 Å². The van der Waals surface area contributed by atoms with Crippen molar-refractivity contribution in [3.05, 3.63) is 0 Å². The van der Waals surface area contributed by atoms with Crippen LogP contribution < -0.4 is 5.32 Å². The van der Waals surface area contributed by atoms with Crippen molar-refractivity contribution in [1.82, 2.24) is 5.32 Å². The van der Waals surface area contributed by atoms with Crippen LogP contribution in [0.3, 0.4) is 0 Å². The van der Waals surface area contributed by atoms with Gasteiger partial charge in [0, 0.05) is 9.86 Å². The van der Waals surface area contributed by atoms with Crippen LogP contribution in [0, 0.1) is 17.3 Å². The third kappa shape index (κ3) is 4.09. The van der Waals surface area contributed by atoms with Crippen molar-refractivity contribution in [1.29, 1.82) is 0 Å². The molecular formula is C18H28BrNO3. The Labute approximate surface area is 147 Å². The van der Waals surface area contributed by atoms with Gasteiger partial charge in [-0.05, 0) is 76.5 Å². The molecule has 0 aromatic carbocycles. The second kappa shape index (κ2) is 5.75. The molecule has 0 aromatic heterocycles. The van der Waals surface area contributed by atoms with Gasteiger partial charge >= 0.3 is 5.97 Å². The van der Waals surface area contributed by atoms with Gasteiger partial charge in [0.2, 0.25) is 0 Å². The van der Waals surface area contributed by atoms with Crippen molar-refractivity contribution in [2.75, 3.05) is 6.61 Å². The first-order valence-electron chi connectivity index (χ1n) is 8.72. The van der Waals surface area contributed by atoms with Crippen LogP contribution >= 0.6 is 15.9 Å². The molecule has 4 aliphatic carbocycles. The maximum Gasteiger partial charge on any atom is 0.306 e. The molecule has 0 heterocycles. The second-order valence-corrected chi connectivity index (χ2v) is 10.9. The number of esters is 1. The van der Waals surface area contributed by atoms with E-state index in [4.69, 9.17) is 4.74 Å². The molecule has 0 aromatic rings. The fourth-order valence-corrected chi connectivity index (χ4v) is 7.01. The predicted octanol–water partition coefficient (Wildman–Crippen LogP) is 3.57. The zero-order chi connectivity index (χ0) is 16.9.